The maximum Gasteiger partial charge on any atom is 0.389 e. The molecule has 1 heterocycles. The minimum Gasteiger partial charge on any atom is -0.361 e. The average molecular weight is 552 g/mol. The number of hydrogen-bond acceptors (Lipinski definition) is 3. The Hall–Kier alpha value is -3.51. The highest BCUT2D eigenvalue weighted by molar-refractivity contribution is 5.78. The number of nitrogens with one attached hydrogen (secondary N) is 1. The molecule has 0 aliphatic rings. The summed E-state index contributed by atoms with van der Waals surface area (Å²) >= 11 is 0. The van der Waals surface area contributed by atoms with Crippen LogP contribution in [0.2, 0.25) is 0 Å². The van der Waals surface area contributed by atoms with Crippen LogP contribution in [0.15, 0.2) is 53.1 Å². The van der Waals surface area contributed by atoms with Gasteiger partial charge >= 0.3 is 18.5 Å². The summed E-state index contributed by atoms with van der Waals surface area (Å²) in [5.41, 5.74) is -2.47. The lowest BCUT2D eigenvalue weighted by atomic mass is 9.78. The van der Waals surface area contributed by atoms with Crippen molar-refractivity contribution in [2.45, 2.75) is 56.7 Å². The molecule has 0 fully saturated rings. The van der Waals surface area contributed by atoms with Gasteiger partial charge in [0, 0.05) is 25.3 Å². The largest absolute Gasteiger partial charge is 0.389 e. The Labute approximate surface area is 210 Å². The molecule has 3 rings (SSSR count). The molecule has 13 heteroatoms. The van der Waals surface area contributed by atoms with Crippen LogP contribution in [0.3, 0.4) is 0 Å². The lowest BCUT2D eigenvalue weighted by molar-refractivity contribution is -0.144. The third kappa shape index (κ3) is 7.29. The van der Waals surface area contributed by atoms with Crippen LogP contribution in [-0.4, -0.2) is 29.6 Å². The highest BCUT2D eigenvalue weighted by Gasteiger charge is 2.43. The highest BCUT2D eigenvalue weighted by atomic mass is 19.4. The first kappa shape index (κ1) is 29.1. The maximum atomic E-state index is 14.7. The van der Waals surface area contributed by atoms with Crippen LogP contribution in [0.4, 0.5) is 39.5 Å². The van der Waals surface area contributed by atoms with Gasteiger partial charge in [-0.1, -0.05) is 23.4 Å². The molecule has 2 aromatic carbocycles. The summed E-state index contributed by atoms with van der Waals surface area (Å²) in [5.74, 6) is -7.51. The van der Waals surface area contributed by atoms with Crippen molar-refractivity contribution in [3.8, 4) is 0 Å². The lowest BCUT2D eigenvalue weighted by Crippen LogP contribution is -2.49. The number of amides is 1. The van der Waals surface area contributed by atoms with Crippen molar-refractivity contribution < 1.29 is 48.8 Å². The number of hydrogen-bond donors (Lipinski definition) is 1. The minimum absolute atomic E-state index is 0.0190. The van der Waals surface area contributed by atoms with Crippen LogP contribution in [0.5, 0.6) is 0 Å². The zero-order valence-corrected chi connectivity index (χ0v) is 19.7. The molecule has 1 aromatic heterocycles. The Morgan fingerprint density at radius 3 is 2.13 bits per heavy atom. The zero-order valence-electron chi connectivity index (χ0n) is 19.7. The van der Waals surface area contributed by atoms with Gasteiger partial charge in [0.2, 0.25) is 5.91 Å². The number of nitrogens with zero attached hydrogens (tertiary/aromatic N) is 1. The first-order chi connectivity index (χ1) is 17.6. The van der Waals surface area contributed by atoms with Crippen molar-refractivity contribution in [2.24, 2.45) is 0 Å². The van der Waals surface area contributed by atoms with E-state index in [1.165, 1.54) is 6.07 Å². The van der Waals surface area contributed by atoms with Crippen molar-refractivity contribution in [2.75, 3.05) is 0 Å². The van der Waals surface area contributed by atoms with E-state index in [1.807, 2.05) is 0 Å². The quantitative estimate of drug-likeness (QED) is 0.287. The van der Waals surface area contributed by atoms with Crippen LogP contribution in [0.25, 0.3) is 0 Å². The number of aryl methyl sites for hydroxylation is 1. The summed E-state index contributed by atoms with van der Waals surface area (Å²) in [5, 5.41) is 6.10. The van der Waals surface area contributed by atoms with Gasteiger partial charge in [-0.25, -0.2) is 17.6 Å². The molecule has 0 saturated heterocycles. The first-order valence-electron chi connectivity index (χ1n) is 11.1. The van der Waals surface area contributed by atoms with E-state index in [0.717, 1.165) is 36.4 Å². The van der Waals surface area contributed by atoms with Gasteiger partial charge in [-0.15, -0.1) is 0 Å². The van der Waals surface area contributed by atoms with E-state index < -0.39 is 72.9 Å². The van der Waals surface area contributed by atoms with Crippen molar-refractivity contribution >= 4 is 5.91 Å². The zero-order chi connectivity index (χ0) is 28.3. The fourth-order valence-corrected chi connectivity index (χ4v) is 3.96. The molecule has 38 heavy (non-hydrogen) atoms. The van der Waals surface area contributed by atoms with E-state index in [-0.39, 0.29) is 16.9 Å². The Morgan fingerprint density at radius 1 is 0.921 bits per heavy atom. The molecular formula is C25H21F9N2O2. The summed E-state index contributed by atoms with van der Waals surface area (Å²) in [6.07, 6.45) is -13.3. The number of benzene rings is 2. The molecular weight excluding hydrogens is 531 g/mol. The Balaban J connectivity index is 2.21. The Kier molecular flexibility index (Phi) is 8.47. The van der Waals surface area contributed by atoms with Crippen LogP contribution in [-0.2, 0) is 23.2 Å². The van der Waals surface area contributed by atoms with Crippen LogP contribution >= 0.6 is 0 Å². The number of carbonyl (C=O) groups is 1. The van der Waals surface area contributed by atoms with Crippen molar-refractivity contribution in [3.63, 3.8) is 0 Å². The molecule has 3 aromatic rings. The summed E-state index contributed by atoms with van der Waals surface area (Å²) in [7, 11) is 0. The van der Waals surface area contributed by atoms with Gasteiger partial charge in [-0.2, -0.15) is 22.0 Å². The van der Waals surface area contributed by atoms with Crippen LogP contribution < -0.4 is 5.32 Å². The van der Waals surface area contributed by atoms with Gasteiger partial charge in [0.05, 0.1) is 17.7 Å². The van der Waals surface area contributed by atoms with Gasteiger partial charge in [0.1, 0.15) is 17.4 Å². The molecule has 4 nitrogen and oxygen atoms in total. The summed E-state index contributed by atoms with van der Waals surface area (Å²) < 4.78 is 125. The van der Waals surface area contributed by atoms with Crippen molar-refractivity contribution in [1.82, 2.24) is 10.5 Å². The average Bonchev–Trinajstić information content (AvgIpc) is 3.20. The molecule has 1 atom stereocenters. The normalized spacial score (nSPS) is 14.0. The molecule has 0 unspecified atom stereocenters. The van der Waals surface area contributed by atoms with Gasteiger partial charge < -0.3 is 9.84 Å². The van der Waals surface area contributed by atoms with E-state index in [0.29, 0.717) is 11.8 Å². The Morgan fingerprint density at radius 2 is 1.58 bits per heavy atom. The number of alkyl halides is 7. The first-order valence-corrected chi connectivity index (χ1v) is 11.1. The van der Waals surface area contributed by atoms with Crippen molar-refractivity contribution in [1.29, 1.82) is 0 Å². The van der Waals surface area contributed by atoms with Crippen LogP contribution in [0.1, 0.15) is 41.0 Å². The molecule has 1 N–H and O–H groups in total. The Bertz CT molecular complexity index is 1260. The van der Waals surface area contributed by atoms with Gasteiger partial charge in [-0.05, 0) is 47.9 Å². The van der Waals surface area contributed by atoms with E-state index in [4.69, 9.17) is 4.52 Å². The van der Waals surface area contributed by atoms with E-state index in [1.54, 1.807) is 6.92 Å². The second-order valence-electron chi connectivity index (χ2n) is 8.77. The predicted octanol–water partition coefficient (Wildman–Crippen LogP) is 6.65. The van der Waals surface area contributed by atoms with E-state index in [9.17, 15) is 44.3 Å². The maximum absolute atomic E-state index is 14.7. The third-order valence-electron chi connectivity index (χ3n) is 5.65. The summed E-state index contributed by atoms with van der Waals surface area (Å²) in [6, 6.07) is 7.97. The van der Waals surface area contributed by atoms with Gasteiger partial charge in [0.25, 0.3) is 0 Å². The smallest absolute Gasteiger partial charge is 0.361 e. The number of halogens is 9. The lowest BCUT2D eigenvalue weighted by Gasteiger charge is -2.36. The topological polar surface area (TPSA) is 55.1 Å². The molecule has 206 valence electrons. The number of rotatable bonds is 10. The van der Waals surface area contributed by atoms with E-state index in [2.05, 4.69) is 10.5 Å². The van der Waals surface area contributed by atoms with Crippen molar-refractivity contribution in [3.05, 3.63) is 88.3 Å². The fraction of sp³-hybridized carbons (Fsp3) is 0.360. The fourth-order valence-electron chi connectivity index (χ4n) is 3.96. The SMILES string of the molecule is Cc1cc(C[C@@](NC(=O)CCC(F)(F)F)(c2ccc(F)cc2)c2cc(F)cc(CC(F)(F)C(F)F)c2)on1. The standard InChI is InChI=1S/C25H21F9N2O2/c1-14-8-20(38-36-14)13-23(16-2-4-18(26)5-3-16,35-21(37)6-7-25(32,33)34)17-9-15(10-19(27)11-17)12-24(30,31)22(28)29/h2-5,8-11,22H,6-7,12-13H2,1H3,(H,35,37)/t23-/m1/s1. The third-order valence-corrected chi connectivity index (χ3v) is 5.65. The molecule has 0 saturated carbocycles. The summed E-state index contributed by atoms with van der Waals surface area (Å²) in [6.45, 7) is 1.54. The van der Waals surface area contributed by atoms with Crippen LogP contribution in [0, 0.1) is 18.6 Å². The minimum atomic E-state index is -4.69. The molecule has 0 spiro atoms. The summed E-state index contributed by atoms with van der Waals surface area (Å²) in [4.78, 5) is 12.8. The van der Waals surface area contributed by atoms with Gasteiger partial charge in [0.15, 0.2) is 0 Å². The molecule has 1 amide bonds. The molecule has 0 aliphatic carbocycles. The highest BCUT2D eigenvalue weighted by Crippen LogP contribution is 2.37. The number of aromatic nitrogens is 1. The molecule has 0 bridgehead atoms. The predicted molar refractivity (Wildman–Crippen MR) is 117 cm³/mol. The van der Waals surface area contributed by atoms with E-state index >= 15 is 0 Å². The van der Waals surface area contributed by atoms with Gasteiger partial charge in [-0.3, -0.25) is 4.79 Å². The monoisotopic (exact) mass is 552 g/mol. The molecule has 0 aliphatic heterocycles. The number of carbonyl (C=O) groups excluding carboxylic acids is 1. The molecule has 0 radical (unpaired) electrons. The second-order valence-corrected chi connectivity index (χ2v) is 8.77. The second kappa shape index (κ2) is 11.1.